The second kappa shape index (κ2) is 5.45. The Labute approximate surface area is 127 Å². The van der Waals surface area contributed by atoms with Crippen LogP contribution >= 0.6 is 0 Å². The number of aryl methyl sites for hydroxylation is 1. The number of aromatic nitrogens is 2. The fourth-order valence-corrected chi connectivity index (χ4v) is 4.01. The van der Waals surface area contributed by atoms with Crippen LogP contribution in [-0.2, 0) is 13.5 Å². The zero-order valence-corrected chi connectivity index (χ0v) is 13.3. The molecule has 3 heteroatoms. The second-order valence-corrected chi connectivity index (χ2v) is 7.20. The molecule has 21 heavy (non-hydrogen) atoms. The topological polar surface area (TPSA) is 38.0 Å². The van der Waals surface area contributed by atoms with Crippen LogP contribution in [0.2, 0.25) is 0 Å². The number of benzene rings is 1. The van der Waals surface area contributed by atoms with Crippen molar-refractivity contribution in [2.24, 2.45) is 18.4 Å². The molecule has 1 aromatic carbocycles. The third-order valence-corrected chi connectivity index (χ3v) is 5.29. The van der Waals surface area contributed by atoms with Gasteiger partial charge in [0.2, 0.25) is 0 Å². The average molecular weight is 286 g/mol. The molecule has 0 bridgehead atoms. The molecule has 1 fully saturated rings. The van der Waals surface area contributed by atoms with E-state index in [0.717, 1.165) is 17.6 Å². The van der Waals surface area contributed by atoms with Crippen molar-refractivity contribution in [3.05, 3.63) is 30.0 Å². The lowest BCUT2D eigenvalue weighted by Crippen LogP contribution is -2.38. The smallest absolute Gasteiger partial charge is 0.0729 e. The van der Waals surface area contributed by atoms with E-state index in [1.807, 2.05) is 23.9 Å². The fraction of sp³-hybridized carbons (Fsp3) is 0.611. The number of rotatable bonds is 3. The lowest BCUT2D eigenvalue weighted by molar-refractivity contribution is 0.00541. The molecule has 3 rings (SSSR count). The summed E-state index contributed by atoms with van der Waals surface area (Å²) in [6, 6.07) is 8.28. The van der Waals surface area contributed by atoms with E-state index in [1.165, 1.54) is 24.6 Å². The first-order valence-corrected chi connectivity index (χ1v) is 8.08. The van der Waals surface area contributed by atoms with Crippen LogP contribution in [0.25, 0.3) is 10.9 Å². The molecule has 2 aromatic rings. The first-order valence-electron chi connectivity index (χ1n) is 8.08. The molecule has 1 heterocycles. The summed E-state index contributed by atoms with van der Waals surface area (Å²) >= 11 is 0. The summed E-state index contributed by atoms with van der Waals surface area (Å²) in [7, 11) is 1.97. The molecule has 1 saturated carbocycles. The van der Waals surface area contributed by atoms with Crippen LogP contribution < -0.4 is 0 Å². The summed E-state index contributed by atoms with van der Waals surface area (Å²) in [6.45, 7) is 4.60. The molecule has 1 aromatic heterocycles. The largest absolute Gasteiger partial charge is 0.392 e. The molecular weight excluding hydrogens is 260 g/mol. The van der Waals surface area contributed by atoms with Crippen molar-refractivity contribution in [3.8, 4) is 0 Å². The van der Waals surface area contributed by atoms with Crippen molar-refractivity contribution in [1.82, 2.24) is 9.78 Å². The second-order valence-electron chi connectivity index (χ2n) is 7.20. The van der Waals surface area contributed by atoms with Gasteiger partial charge in [0.05, 0.1) is 17.3 Å². The maximum absolute atomic E-state index is 10.8. The Balaban J connectivity index is 1.84. The summed E-state index contributed by atoms with van der Waals surface area (Å²) in [5.74, 6) is 0.381. The number of hydrogen-bond donors (Lipinski definition) is 1. The van der Waals surface area contributed by atoms with Crippen molar-refractivity contribution in [1.29, 1.82) is 0 Å². The van der Waals surface area contributed by atoms with Crippen LogP contribution in [0.15, 0.2) is 24.3 Å². The van der Waals surface area contributed by atoms with E-state index >= 15 is 0 Å². The fourth-order valence-electron chi connectivity index (χ4n) is 4.01. The number of aliphatic hydroxyl groups excluding tert-OH is 1. The zero-order chi connectivity index (χ0) is 15.0. The maximum atomic E-state index is 10.8. The number of hydrogen-bond acceptors (Lipinski definition) is 2. The highest BCUT2D eigenvalue weighted by Gasteiger charge is 2.37. The van der Waals surface area contributed by atoms with Gasteiger partial charge in [-0.1, -0.05) is 44.9 Å². The van der Waals surface area contributed by atoms with Crippen LogP contribution in [0.4, 0.5) is 0 Å². The number of aliphatic hydroxyl groups is 1. The van der Waals surface area contributed by atoms with E-state index in [1.54, 1.807) is 0 Å². The van der Waals surface area contributed by atoms with Gasteiger partial charge < -0.3 is 5.11 Å². The Hall–Kier alpha value is -1.35. The summed E-state index contributed by atoms with van der Waals surface area (Å²) < 4.78 is 1.92. The Bertz CT molecular complexity index is 629. The molecule has 0 amide bonds. The van der Waals surface area contributed by atoms with Crippen molar-refractivity contribution >= 4 is 10.9 Å². The summed E-state index contributed by atoms with van der Waals surface area (Å²) in [5, 5.41) is 16.6. The van der Waals surface area contributed by atoms with Gasteiger partial charge in [-0.3, -0.25) is 4.68 Å². The minimum atomic E-state index is -0.293. The van der Waals surface area contributed by atoms with E-state index < -0.39 is 0 Å². The lowest BCUT2D eigenvalue weighted by Gasteiger charge is -2.41. The Morgan fingerprint density at radius 2 is 2.10 bits per heavy atom. The lowest BCUT2D eigenvalue weighted by atomic mass is 9.66. The first-order chi connectivity index (χ1) is 9.99. The van der Waals surface area contributed by atoms with Crippen LogP contribution in [0, 0.1) is 11.3 Å². The molecular formula is C18H26N2O. The maximum Gasteiger partial charge on any atom is 0.0729 e. The van der Waals surface area contributed by atoms with Gasteiger partial charge in [0, 0.05) is 18.9 Å². The van der Waals surface area contributed by atoms with Gasteiger partial charge >= 0.3 is 0 Å². The van der Waals surface area contributed by atoms with E-state index in [-0.39, 0.29) is 11.5 Å². The third-order valence-electron chi connectivity index (χ3n) is 5.29. The van der Waals surface area contributed by atoms with Gasteiger partial charge in [-0.15, -0.1) is 0 Å². The van der Waals surface area contributed by atoms with Gasteiger partial charge in [0.15, 0.2) is 0 Å². The Morgan fingerprint density at radius 3 is 2.86 bits per heavy atom. The van der Waals surface area contributed by atoms with Crippen molar-refractivity contribution in [2.75, 3.05) is 0 Å². The van der Waals surface area contributed by atoms with Gasteiger partial charge in [-0.25, -0.2) is 0 Å². The number of nitrogens with zero attached hydrogens (tertiary/aromatic N) is 2. The minimum Gasteiger partial charge on any atom is -0.392 e. The predicted octanol–water partition coefficient (Wildman–Crippen LogP) is 3.69. The molecule has 1 aliphatic rings. The van der Waals surface area contributed by atoms with Crippen LogP contribution in [-0.4, -0.2) is 21.0 Å². The predicted molar refractivity (Wildman–Crippen MR) is 86.2 cm³/mol. The molecule has 0 spiro atoms. The Kier molecular flexibility index (Phi) is 3.78. The standard InChI is InChI=1S/C18H26N2O/c1-18(2)11-7-6-9-14(18)17(21)12-15-13-8-4-5-10-16(13)20(3)19-15/h4-5,8,10,14,17,21H,6-7,9,11-12H2,1-3H3. The average Bonchev–Trinajstić information content (AvgIpc) is 2.75. The minimum absolute atomic E-state index is 0.238. The van der Waals surface area contributed by atoms with Crippen LogP contribution in [0.3, 0.4) is 0 Å². The molecule has 3 nitrogen and oxygen atoms in total. The third kappa shape index (κ3) is 2.71. The van der Waals surface area contributed by atoms with E-state index in [9.17, 15) is 5.11 Å². The molecule has 1 N–H and O–H groups in total. The Morgan fingerprint density at radius 1 is 1.33 bits per heavy atom. The van der Waals surface area contributed by atoms with Crippen molar-refractivity contribution < 1.29 is 5.11 Å². The van der Waals surface area contributed by atoms with Gasteiger partial charge in [-0.2, -0.15) is 5.10 Å². The van der Waals surface area contributed by atoms with Crippen molar-refractivity contribution in [2.45, 2.75) is 52.1 Å². The normalized spacial score (nSPS) is 23.3. The molecule has 2 unspecified atom stereocenters. The van der Waals surface area contributed by atoms with E-state index in [2.05, 4.69) is 31.1 Å². The monoisotopic (exact) mass is 286 g/mol. The quantitative estimate of drug-likeness (QED) is 0.934. The van der Waals surface area contributed by atoms with E-state index in [0.29, 0.717) is 12.3 Å². The first kappa shape index (κ1) is 14.6. The molecule has 0 radical (unpaired) electrons. The molecule has 2 atom stereocenters. The highest BCUT2D eigenvalue weighted by molar-refractivity contribution is 5.81. The molecule has 1 aliphatic carbocycles. The van der Waals surface area contributed by atoms with Gasteiger partial charge in [-0.05, 0) is 30.2 Å². The highest BCUT2D eigenvalue weighted by Crippen LogP contribution is 2.43. The van der Waals surface area contributed by atoms with Crippen LogP contribution in [0.1, 0.15) is 45.2 Å². The van der Waals surface area contributed by atoms with Crippen LogP contribution in [0.5, 0.6) is 0 Å². The zero-order valence-electron chi connectivity index (χ0n) is 13.3. The number of para-hydroxylation sites is 1. The molecule has 0 saturated heterocycles. The summed E-state index contributed by atoms with van der Waals surface area (Å²) in [4.78, 5) is 0. The van der Waals surface area contributed by atoms with E-state index in [4.69, 9.17) is 0 Å². The number of fused-ring (bicyclic) bond motifs is 1. The highest BCUT2D eigenvalue weighted by atomic mass is 16.3. The molecule has 114 valence electrons. The van der Waals surface area contributed by atoms with Gasteiger partial charge in [0.25, 0.3) is 0 Å². The molecule has 0 aliphatic heterocycles. The van der Waals surface area contributed by atoms with Gasteiger partial charge in [0.1, 0.15) is 0 Å². The SMILES string of the molecule is Cn1nc(CC(O)C2CCCCC2(C)C)c2ccccc21. The summed E-state index contributed by atoms with van der Waals surface area (Å²) in [5.41, 5.74) is 2.41. The summed E-state index contributed by atoms with van der Waals surface area (Å²) in [6.07, 6.45) is 5.27. The van der Waals surface area contributed by atoms with Crippen molar-refractivity contribution in [3.63, 3.8) is 0 Å².